The highest BCUT2D eigenvalue weighted by Crippen LogP contribution is 2.45. The van der Waals surface area contributed by atoms with E-state index in [1.54, 1.807) is 17.0 Å². The smallest absolute Gasteiger partial charge is 0.255 e. The second-order valence-electron chi connectivity index (χ2n) is 15.3. The molecule has 0 aliphatic carbocycles. The van der Waals surface area contributed by atoms with Crippen molar-refractivity contribution < 1.29 is 24.2 Å². The van der Waals surface area contributed by atoms with E-state index in [0.29, 0.717) is 48.1 Å². The Kier molecular flexibility index (Phi) is 8.68. The first-order chi connectivity index (χ1) is 26.3. The number of hydrogen-bond donors (Lipinski definition) is 3. The molecule has 9 rings (SSSR count). The van der Waals surface area contributed by atoms with Crippen LogP contribution in [0.3, 0.4) is 0 Å². The highest BCUT2D eigenvalue weighted by Gasteiger charge is 2.49. The van der Waals surface area contributed by atoms with Gasteiger partial charge in [0.25, 0.3) is 5.91 Å². The third-order valence-corrected chi connectivity index (χ3v) is 12.2. The van der Waals surface area contributed by atoms with Crippen molar-refractivity contribution in [3.8, 4) is 22.9 Å². The van der Waals surface area contributed by atoms with Gasteiger partial charge in [-0.1, -0.05) is 37.3 Å². The Balaban J connectivity index is 0.798. The summed E-state index contributed by atoms with van der Waals surface area (Å²) in [4.78, 5) is 48.6. The maximum Gasteiger partial charge on any atom is 0.255 e. The zero-order chi connectivity index (χ0) is 37.0. The second-order valence-corrected chi connectivity index (χ2v) is 15.3. The van der Waals surface area contributed by atoms with Gasteiger partial charge in [0.1, 0.15) is 17.9 Å². The van der Waals surface area contributed by atoms with Crippen LogP contribution in [0.2, 0.25) is 0 Å². The Morgan fingerprint density at radius 2 is 1.83 bits per heavy atom. The quantitative estimate of drug-likeness (QED) is 0.218. The number of para-hydroxylation sites is 1. The van der Waals surface area contributed by atoms with Crippen molar-refractivity contribution in [1.29, 1.82) is 0 Å². The third-order valence-electron chi connectivity index (χ3n) is 12.2. The molecule has 3 fully saturated rings. The van der Waals surface area contributed by atoms with Gasteiger partial charge in [-0.25, -0.2) is 4.98 Å². The van der Waals surface area contributed by atoms with Crippen molar-refractivity contribution in [2.24, 2.45) is 0 Å². The van der Waals surface area contributed by atoms with Gasteiger partial charge in [0.15, 0.2) is 5.82 Å². The minimum absolute atomic E-state index is 0.0492. The van der Waals surface area contributed by atoms with E-state index in [1.807, 2.05) is 42.6 Å². The molecule has 278 valence electrons. The van der Waals surface area contributed by atoms with Crippen LogP contribution >= 0.6 is 0 Å². The van der Waals surface area contributed by atoms with Crippen molar-refractivity contribution in [3.63, 3.8) is 0 Å². The number of fused-ring (bicyclic) bond motifs is 4. The van der Waals surface area contributed by atoms with E-state index in [0.717, 1.165) is 74.5 Å². The highest BCUT2D eigenvalue weighted by molar-refractivity contribution is 6.05. The summed E-state index contributed by atoms with van der Waals surface area (Å²) in [5, 5.41) is 25.2. The Labute approximate surface area is 313 Å². The molecule has 3 amide bonds. The number of aromatic hydroxyl groups is 1. The predicted octanol–water partition coefficient (Wildman–Crippen LogP) is 4.62. The monoisotopic (exact) mass is 728 g/mol. The summed E-state index contributed by atoms with van der Waals surface area (Å²) < 4.78 is 6.51. The standard InChI is InChI=1S/C41H44N8O5/c1-2-41-19-29(23-49(41)34-18-32(45-46-38(34)43-24-41)30-5-3-4-6-35(30)50)54-37-12-7-25(20-42-37)21-47-15-13-26(14-16-47)27-8-9-28-22-48(40(53)31(28)17-27)33-10-11-36(51)44-39(33)52/h3-9,12,17-18,20,26,29,33,50H,2,10-11,13-16,19,21-24H2,1H3,(H,43,46)(H,44,51,52)/t29-,33+,41+/m1/s1. The maximum atomic E-state index is 13.4. The average Bonchev–Trinajstić information content (AvgIpc) is 3.73. The number of carbonyl (C=O) groups is 3. The fourth-order valence-electron chi connectivity index (χ4n) is 9.09. The number of likely N-dealkylation sites (tertiary alicyclic amines) is 1. The lowest BCUT2D eigenvalue weighted by atomic mass is 9.87. The van der Waals surface area contributed by atoms with Crippen molar-refractivity contribution >= 4 is 29.2 Å². The van der Waals surface area contributed by atoms with Gasteiger partial charge in [-0.15, -0.1) is 10.2 Å². The minimum atomic E-state index is -0.597. The number of nitrogens with zero attached hydrogens (tertiary/aromatic N) is 6. The SMILES string of the molecule is CC[C@]12CNc3nnc(-c4ccccc4O)cc3N1C[C@H](Oc1ccc(CN3CCC(c4ccc5c(c4)C(=O)N([C@H]4CCC(=O)NC4=O)C5)CC3)cn1)C2. The van der Waals surface area contributed by atoms with Crippen LogP contribution in [0.5, 0.6) is 11.6 Å². The molecular weight excluding hydrogens is 685 g/mol. The lowest BCUT2D eigenvalue weighted by Crippen LogP contribution is -2.52. The summed E-state index contributed by atoms with van der Waals surface area (Å²) in [6.45, 7) is 6.75. The van der Waals surface area contributed by atoms with Crippen LogP contribution in [0.15, 0.2) is 66.9 Å². The van der Waals surface area contributed by atoms with Crippen LogP contribution in [-0.4, -0.2) is 91.7 Å². The van der Waals surface area contributed by atoms with Crippen molar-refractivity contribution in [2.45, 2.75) is 82.1 Å². The number of nitrogens with one attached hydrogen (secondary N) is 2. The van der Waals surface area contributed by atoms with Gasteiger partial charge in [-0.3, -0.25) is 24.6 Å². The molecule has 5 aliphatic heterocycles. The number of rotatable bonds is 8. The van der Waals surface area contributed by atoms with E-state index >= 15 is 0 Å². The van der Waals surface area contributed by atoms with Gasteiger partial charge in [-0.05, 0) is 85.6 Å². The molecule has 0 radical (unpaired) electrons. The lowest BCUT2D eigenvalue weighted by molar-refractivity contribution is -0.136. The molecule has 3 atom stereocenters. The van der Waals surface area contributed by atoms with E-state index in [-0.39, 0.29) is 41.5 Å². The number of hydrogen-bond acceptors (Lipinski definition) is 11. The molecule has 0 unspecified atom stereocenters. The molecule has 3 saturated heterocycles. The second kappa shape index (κ2) is 13.7. The number of benzene rings is 2. The number of ether oxygens (including phenoxy) is 1. The third kappa shape index (κ3) is 6.19. The van der Waals surface area contributed by atoms with Crippen LogP contribution in [-0.2, 0) is 22.7 Å². The van der Waals surface area contributed by atoms with Crippen molar-refractivity contribution in [2.75, 3.05) is 36.4 Å². The highest BCUT2D eigenvalue weighted by atomic mass is 16.5. The van der Waals surface area contributed by atoms with E-state index in [4.69, 9.17) is 9.72 Å². The first kappa shape index (κ1) is 34.2. The van der Waals surface area contributed by atoms with E-state index < -0.39 is 6.04 Å². The number of piperidine rings is 2. The topological polar surface area (TPSA) is 153 Å². The molecule has 0 bridgehead atoms. The van der Waals surface area contributed by atoms with E-state index in [9.17, 15) is 19.5 Å². The largest absolute Gasteiger partial charge is 0.507 e. The number of aromatic nitrogens is 3. The molecule has 5 aliphatic rings. The van der Waals surface area contributed by atoms with Crippen LogP contribution in [0.4, 0.5) is 11.5 Å². The molecule has 0 saturated carbocycles. The molecule has 2 aromatic heterocycles. The Morgan fingerprint density at radius 3 is 2.61 bits per heavy atom. The Morgan fingerprint density at radius 1 is 0.981 bits per heavy atom. The van der Waals surface area contributed by atoms with Gasteiger partial charge in [-0.2, -0.15) is 0 Å². The molecule has 13 nitrogen and oxygen atoms in total. The molecule has 7 heterocycles. The summed E-state index contributed by atoms with van der Waals surface area (Å²) in [5.74, 6) is 1.12. The Hall–Kier alpha value is -5.56. The zero-order valence-corrected chi connectivity index (χ0v) is 30.3. The average molecular weight is 729 g/mol. The van der Waals surface area contributed by atoms with Crippen LogP contribution in [0, 0.1) is 0 Å². The number of phenolic OH excluding ortho intramolecular Hbond substituents is 1. The first-order valence-electron chi connectivity index (χ1n) is 19.1. The van der Waals surface area contributed by atoms with Crippen molar-refractivity contribution in [1.82, 2.24) is 30.3 Å². The predicted molar refractivity (Wildman–Crippen MR) is 201 cm³/mol. The van der Waals surface area contributed by atoms with Gasteiger partial charge in [0.2, 0.25) is 17.7 Å². The fourth-order valence-corrected chi connectivity index (χ4v) is 9.09. The molecule has 2 aromatic carbocycles. The minimum Gasteiger partial charge on any atom is -0.507 e. The van der Waals surface area contributed by atoms with Crippen LogP contribution < -0.4 is 20.3 Å². The molecular formula is C41H44N8O5. The molecule has 13 heteroatoms. The fraction of sp³-hybridized carbons (Fsp3) is 0.415. The maximum absolute atomic E-state index is 13.4. The number of anilines is 2. The van der Waals surface area contributed by atoms with Gasteiger partial charge in [0.05, 0.1) is 23.5 Å². The Bertz CT molecular complexity index is 2120. The van der Waals surface area contributed by atoms with Gasteiger partial charge < -0.3 is 25.0 Å². The molecule has 0 spiro atoms. The summed E-state index contributed by atoms with van der Waals surface area (Å²) in [7, 11) is 0. The number of carbonyl (C=O) groups excluding carboxylic acids is 3. The number of phenols is 1. The van der Waals surface area contributed by atoms with Crippen molar-refractivity contribution in [3.05, 3.63) is 89.1 Å². The number of imide groups is 1. The first-order valence-corrected chi connectivity index (χ1v) is 19.1. The van der Waals surface area contributed by atoms with Crippen LogP contribution in [0.25, 0.3) is 11.3 Å². The zero-order valence-electron chi connectivity index (χ0n) is 30.3. The lowest BCUT2D eigenvalue weighted by Gasteiger charge is -2.43. The van der Waals surface area contributed by atoms with Crippen LogP contribution in [0.1, 0.15) is 78.4 Å². The van der Waals surface area contributed by atoms with Gasteiger partial charge >= 0.3 is 0 Å². The molecule has 3 N–H and O–H groups in total. The summed E-state index contributed by atoms with van der Waals surface area (Å²) in [6, 6.07) is 18.9. The normalized spacial score (nSPS) is 24.1. The number of pyridine rings is 1. The van der Waals surface area contributed by atoms with E-state index in [2.05, 4.69) is 49.7 Å². The summed E-state index contributed by atoms with van der Waals surface area (Å²) in [6.07, 6.45) is 6.26. The number of amides is 3. The summed E-state index contributed by atoms with van der Waals surface area (Å²) in [5.41, 5.74) is 6.05. The summed E-state index contributed by atoms with van der Waals surface area (Å²) >= 11 is 0. The van der Waals surface area contributed by atoms with Gasteiger partial charge in [0, 0.05) is 55.9 Å². The molecule has 4 aromatic rings. The van der Waals surface area contributed by atoms with E-state index in [1.165, 1.54) is 5.56 Å². The molecule has 54 heavy (non-hydrogen) atoms.